The van der Waals surface area contributed by atoms with Gasteiger partial charge in [-0.2, -0.15) is 0 Å². The van der Waals surface area contributed by atoms with Crippen molar-refractivity contribution in [2.45, 2.75) is 44.4 Å². The van der Waals surface area contributed by atoms with Gasteiger partial charge in [0.05, 0.1) is 23.7 Å². The highest BCUT2D eigenvalue weighted by atomic mass is 16.2. The largest absolute Gasteiger partial charge is 0.382 e. The van der Waals surface area contributed by atoms with Crippen molar-refractivity contribution in [2.24, 2.45) is 5.92 Å². The molecule has 2 aliphatic rings. The first-order valence-corrected chi connectivity index (χ1v) is 9.36. The Morgan fingerprint density at radius 2 is 1.81 bits per heavy atom. The van der Waals surface area contributed by atoms with Crippen LogP contribution in [-0.2, 0) is 6.42 Å². The van der Waals surface area contributed by atoms with Crippen molar-refractivity contribution in [3.8, 4) is 0 Å². The monoisotopic (exact) mass is 352 g/mol. The molecule has 2 aromatic heterocycles. The number of aromatic nitrogens is 4. The summed E-state index contributed by atoms with van der Waals surface area (Å²) in [6, 6.07) is 0. The zero-order chi connectivity index (χ0) is 17.9. The Labute approximate surface area is 153 Å². The lowest BCUT2D eigenvalue weighted by Crippen LogP contribution is -2.32. The van der Waals surface area contributed by atoms with Crippen molar-refractivity contribution in [1.29, 1.82) is 0 Å². The third-order valence-corrected chi connectivity index (χ3v) is 5.22. The lowest BCUT2D eigenvalue weighted by Gasteiger charge is -2.20. The molecule has 0 unspecified atom stereocenters. The second-order valence-corrected chi connectivity index (χ2v) is 7.33. The fraction of sp³-hybridized carbons (Fsp3) is 0.526. The summed E-state index contributed by atoms with van der Waals surface area (Å²) in [5.74, 6) is 2.39. The van der Waals surface area contributed by atoms with Crippen LogP contribution in [0, 0.1) is 5.92 Å². The Balaban J connectivity index is 1.35. The maximum Gasteiger partial charge on any atom is 0.256 e. The fourth-order valence-electron chi connectivity index (χ4n) is 3.52. The van der Waals surface area contributed by atoms with Gasteiger partial charge in [-0.3, -0.25) is 9.78 Å². The number of rotatable bonds is 4. The molecular weight excluding hydrogens is 328 g/mol. The van der Waals surface area contributed by atoms with Gasteiger partial charge >= 0.3 is 0 Å². The van der Waals surface area contributed by atoms with E-state index in [-0.39, 0.29) is 5.91 Å². The number of nitrogens with zero attached hydrogens (tertiary/aromatic N) is 5. The van der Waals surface area contributed by atoms with E-state index >= 15 is 0 Å². The Kier molecular flexibility index (Phi) is 4.77. The molecule has 1 aliphatic carbocycles. The van der Waals surface area contributed by atoms with E-state index in [2.05, 4.69) is 19.9 Å². The van der Waals surface area contributed by atoms with E-state index in [1.165, 1.54) is 12.8 Å². The highest BCUT2D eigenvalue weighted by molar-refractivity contribution is 5.93. The molecule has 3 heterocycles. The minimum absolute atomic E-state index is 0.0419. The maximum atomic E-state index is 12.8. The molecule has 0 radical (unpaired) electrons. The van der Waals surface area contributed by atoms with Gasteiger partial charge < -0.3 is 10.6 Å². The molecule has 2 N–H and O–H groups in total. The number of hydrogen-bond acceptors (Lipinski definition) is 6. The second-order valence-electron chi connectivity index (χ2n) is 7.33. The first-order valence-electron chi connectivity index (χ1n) is 9.36. The number of amides is 1. The third-order valence-electron chi connectivity index (χ3n) is 5.22. The molecule has 136 valence electrons. The Morgan fingerprint density at radius 3 is 2.50 bits per heavy atom. The van der Waals surface area contributed by atoms with E-state index in [0.717, 1.165) is 50.3 Å². The minimum Gasteiger partial charge on any atom is -0.382 e. The topological polar surface area (TPSA) is 97.9 Å². The number of anilines is 1. The van der Waals surface area contributed by atoms with Crippen molar-refractivity contribution in [3.63, 3.8) is 0 Å². The molecule has 26 heavy (non-hydrogen) atoms. The van der Waals surface area contributed by atoms with Crippen molar-refractivity contribution in [2.75, 3.05) is 18.8 Å². The summed E-state index contributed by atoms with van der Waals surface area (Å²) in [4.78, 5) is 31.9. The van der Waals surface area contributed by atoms with Crippen LogP contribution in [-0.4, -0.2) is 43.8 Å². The van der Waals surface area contributed by atoms with Gasteiger partial charge in [0.1, 0.15) is 11.6 Å². The van der Waals surface area contributed by atoms with E-state index in [1.807, 2.05) is 4.90 Å². The first kappa shape index (κ1) is 16.9. The molecule has 0 spiro atoms. The average molecular weight is 352 g/mol. The number of nitrogens with two attached hydrogens (primary N) is 1. The molecule has 0 bridgehead atoms. The quantitative estimate of drug-likeness (QED) is 0.906. The average Bonchev–Trinajstić information content (AvgIpc) is 3.51. The van der Waals surface area contributed by atoms with E-state index in [0.29, 0.717) is 23.2 Å². The van der Waals surface area contributed by atoms with Crippen molar-refractivity contribution in [3.05, 3.63) is 41.9 Å². The molecule has 0 aromatic carbocycles. The van der Waals surface area contributed by atoms with Gasteiger partial charge in [-0.15, -0.1) is 0 Å². The number of hydrogen-bond donors (Lipinski definition) is 1. The zero-order valence-corrected chi connectivity index (χ0v) is 14.8. The highest BCUT2D eigenvalue weighted by Gasteiger charge is 2.27. The maximum absolute atomic E-state index is 12.8. The van der Waals surface area contributed by atoms with Crippen LogP contribution in [0.5, 0.6) is 0 Å². The van der Waals surface area contributed by atoms with Crippen LogP contribution in [0.3, 0.4) is 0 Å². The molecule has 1 amide bonds. The Hall–Kier alpha value is -2.57. The number of nitrogen functional groups attached to an aromatic ring is 1. The Bertz CT molecular complexity index is 757. The van der Waals surface area contributed by atoms with Crippen molar-refractivity contribution in [1.82, 2.24) is 24.8 Å². The summed E-state index contributed by atoms with van der Waals surface area (Å²) in [6.07, 6.45) is 13.0. The van der Waals surface area contributed by atoms with Crippen LogP contribution in [0.2, 0.25) is 0 Å². The van der Waals surface area contributed by atoms with E-state index in [9.17, 15) is 4.79 Å². The first-order chi connectivity index (χ1) is 12.7. The van der Waals surface area contributed by atoms with Gasteiger partial charge in [0.25, 0.3) is 5.91 Å². The van der Waals surface area contributed by atoms with Gasteiger partial charge in [0, 0.05) is 31.4 Å². The van der Waals surface area contributed by atoms with E-state index < -0.39 is 0 Å². The number of carbonyl (C=O) groups excluding carboxylic acids is 1. The van der Waals surface area contributed by atoms with Gasteiger partial charge in [-0.05, 0) is 44.4 Å². The predicted molar refractivity (Wildman–Crippen MR) is 97.4 cm³/mol. The van der Waals surface area contributed by atoms with Crippen LogP contribution >= 0.6 is 0 Å². The smallest absolute Gasteiger partial charge is 0.256 e. The van der Waals surface area contributed by atoms with E-state index in [4.69, 9.17) is 5.73 Å². The number of carbonyl (C=O) groups is 1. The predicted octanol–water partition coefficient (Wildman–Crippen LogP) is 2.21. The lowest BCUT2D eigenvalue weighted by molar-refractivity contribution is 0.0759. The molecule has 7 heteroatoms. The summed E-state index contributed by atoms with van der Waals surface area (Å²) in [5.41, 5.74) is 7.15. The lowest BCUT2D eigenvalue weighted by atomic mass is 9.95. The zero-order valence-electron chi connectivity index (χ0n) is 14.8. The molecule has 1 atom stereocenters. The van der Waals surface area contributed by atoms with Crippen molar-refractivity contribution < 1.29 is 4.79 Å². The SMILES string of the molecule is Nc1cnc(C[C@@H]2CCCN(C(=O)c3cnc(C4CC4)nc3)CC2)cn1. The molecule has 7 nitrogen and oxygen atoms in total. The van der Waals surface area contributed by atoms with E-state index in [1.54, 1.807) is 24.8 Å². The van der Waals surface area contributed by atoms with Crippen LogP contribution in [0.1, 0.15) is 59.9 Å². The molecular formula is C19H24N6O. The standard InChI is InChI=1S/C19H24N6O/c20-17-12-21-16(11-22-17)8-13-2-1-6-25(7-5-13)19(26)15-9-23-18(24-10-15)14-3-4-14/h9-14H,1-8H2,(H2,20,22)/t13-/m1/s1. The normalized spacial score (nSPS) is 20.6. The molecule has 2 aromatic rings. The summed E-state index contributed by atoms with van der Waals surface area (Å²) < 4.78 is 0. The van der Waals surface area contributed by atoms with Gasteiger partial charge in [-0.1, -0.05) is 0 Å². The molecule has 4 rings (SSSR count). The summed E-state index contributed by atoms with van der Waals surface area (Å²) in [5, 5.41) is 0. The van der Waals surface area contributed by atoms with Crippen LogP contribution < -0.4 is 5.73 Å². The Morgan fingerprint density at radius 1 is 1.00 bits per heavy atom. The fourth-order valence-corrected chi connectivity index (χ4v) is 3.52. The van der Waals surface area contributed by atoms with Crippen LogP contribution in [0.25, 0.3) is 0 Å². The summed E-state index contributed by atoms with van der Waals surface area (Å²) in [7, 11) is 0. The summed E-state index contributed by atoms with van der Waals surface area (Å²) >= 11 is 0. The van der Waals surface area contributed by atoms with Crippen LogP contribution in [0.15, 0.2) is 24.8 Å². The van der Waals surface area contributed by atoms with Gasteiger partial charge in [0.15, 0.2) is 0 Å². The van der Waals surface area contributed by atoms with Gasteiger partial charge in [0.2, 0.25) is 0 Å². The molecule has 1 aliphatic heterocycles. The minimum atomic E-state index is 0.0419. The van der Waals surface area contributed by atoms with Crippen molar-refractivity contribution >= 4 is 11.7 Å². The summed E-state index contributed by atoms with van der Waals surface area (Å²) in [6.45, 7) is 1.55. The second kappa shape index (κ2) is 7.35. The van der Waals surface area contributed by atoms with Crippen LogP contribution in [0.4, 0.5) is 5.82 Å². The highest BCUT2D eigenvalue weighted by Crippen LogP contribution is 2.37. The third kappa shape index (κ3) is 3.98. The van der Waals surface area contributed by atoms with Gasteiger partial charge in [-0.25, -0.2) is 15.0 Å². The molecule has 1 saturated carbocycles. The molecule has 2 fully saturated rings. The molecule has 1 saturated heterocycles. The number of likely N-dealkylation sites (tertiary alicyclic amines) is 1.